The van der Waals surface area contributed by atoms with Crippen molar-refractivity contribution in [2.45, 2.75) is 25.8 Å². The molecule has 3 aromatic rings. The molecule has 0 spiro atoms. The lowest BCUT2D eigenvalue weighted by Gasteiger charge is -2.23. The van der Waals surface area contributed by atoms with Gasteiger partial charge in [-0.2, -0.15) is 0 Å². The second kappa shape index (κ2) is 6.35. The quantitative estimate of drug-likeness (QED) is 0.427. The van der Waals surface area contributed by atoms with Crippen LogP contribution in [0.4, 0.5) is 5.69 Å². The van der Waals surface area contributed by atoms with E-state index in [0.29, 0.717) is 5.69 Å². The van der Waals surface area contributed by atoms with Gasteiger partial charge in [0, 0.05) is 46.2 Å². The summed E-state index contributed by atoms with van der Waals surface area (Å²) in [5, 5.41) is 6.94. The van der Waals surface area contributed by atoms with E-state index < -0.39 is 0 Å². The fraction of sp³-hybridized carbons (Fsp3) is 0.278. The van der Waals surface area contributed by atoms with Crippen LogP contribution in [0, 0.1) is 0 Å². The average Bonchev–Trinajstić information content (AvgIpc) is 2.98. The van der Waals surface area contributed by atoms with Crippen LogP contribution < -0.4 is 5.32 Å². The molecule has 1 aromatic carbocycles. The summed E-state index contributed by atoms with van der Waals surface area (Å²) in [4.78, 5) is 7.43. The van der Waals surface area contributed by atoms with Crippen molar-refractivity contribution in [2.75, 3.05) is 7.05 Å². The van der Waals surface area contributed by atoms with Gasteiger partial charge in [-0.15, -0.1) is 0 Å². The van der Waals surface area contributed by atoms with E-state index in [1.54, 1.807) is 0 Å². The molecule has 3 rings (SSSR count). The molecule has 0 aliphatic rings. The topological polar surface area (TPSA) is 78.1 Å². The number of aromatic nitrogens is 2. The summed E-state index contributed by atoms with van der Waals surface area (Å²) in [5.74, 6) is 0. The minimum absolute atomic E-state index is 0.00289. The smallest absolute Gasteiger partial charge is 0.144 e. The number of likely N-dealkylation sites (N-methyl/N-ethyl adjacent to an activating group) is 1. The predicted octanol–water partition coefficient (Wildman–Crippen LogP) is 4.48. The van der Waals surface area contributed by atoms with E-state index >= 15 is 0 Å². The third kappa shape index (κ3) is 3.11. The van der Waals surface area contributed by atoms with Crippen molar-refractivity contribution in [3.05, 3.63) is 64.9 Å². The van der Waals surface area contributed by atoms with Crippen molar-refractivity contribution in [1.29, 1.82) is 0 Å². The minimum Gasteiger partial charge on any atom is -0.314 e. The highest BCUT2D eigenvalue weighted by Gasteiger charge is 2.18. The molecule has 0 atom stereocenters. The number of nitrogens with zero attached hydrogens (tertiary/aromatic N) is 5. The number of hydrogen-bond donors (Lipinski definition) is 1. The van der Waals surface area contributed by atoms with Gasteiger partial charge in [-0.05, 0) is 44.1 Å². The Morgan fingerprint density at radius 1 is 1.25 bits per heavy atom. The van der Waals surface area contributed by atoms with Crippen LogP contribution in [-0.4, -0.2) is 22.0 Å². The highest BCUT2D eigenvalue weighted by molar-refractivity contribution is 5.78. The third-order valence-corrected chi connectivity index (χ3v) is 4.25. The molecule has 0 fully saturated rings. The fourth-order valence-electron chi connectivity index (χ4n) is 2.72. The Kier molecular flexibility index (Phi) is 4.25. The molecule has 2 heterocycles. The van der Waals surface area contributed by atoms with Crippen molar-refractivity contribution in [3.8, 4) is 11.1 Å². The lowest BCUT2D eigenvalue weighted by atomic mass is 9.99. The lowest BCUT2D eigenvalue weighted by Crippen LogP contribution is -2.38. The van der Waals surface area contributed by atoms with Crippen LogP contribution in [0.2, 0.25) is 0 Å². The summed E-state index contributed by atoms with van der Waals surface area (Å²) >= 11 is 0. The first-order valence-electron chi connectivity index (χ1n) is 7.83. The molecule has 2 aromatic heterocycles. The van der Waals surface area contributed by atoms with Crippen LogP contribution in [0.3, 0.4) is 0 Å². The second-order valence-corrected chi connectivity index (χ2v) is 6.41. The van der Waals surface area contributed by atoms with Crippen molar-refractivity contribution >= 4 is 11.3 Å². The zero-order valence-electron chi connectivity index (χ0n) is 14.1. The molecule has 0 bridgehead atoms. The van der Waals surface area contributed by atoms with Crippen LogP contribution in [0.1, 0.15) is 19.5 Å². The van der Waals surface area contributed by atoms with Crippen LogP contribution >= 0.6 is 0 Å². The average molecular weight is 320 g/mol. The Labute approximate surface area is 140 Å². The molecule has 0 aliphatic heterocycles. The normalized spacial score (nSPS) is 11.5. The van der Waals surface area contributed by atoms with Crippen molar-refractivity contribution in [2.24, 2.45) is 5.11 Å². The molecule has 0 unspecified atom stereocenters. The summed E-state index contributed by atoms with van der Waals surface area (Å²) in [6.45, 7) is 4.34. The van der Waals surface area contributed by atoms with Gasteiger partial charge in [-0.3, -0.25) is 0 Å². The number of imidazole rings is 1. The van der Waals surface area contributed by atoms with Crippen LogP contribution in [0.5, 0.6) is 0 Å². The maximum Gasteiger partial charge on any atom is 0.144 e. The first-order valence-corrected chi connectivity index (χ1v) is 7.83. The fourth-order valence-corrected chi connectivity index (χ4v) is 2.72. The summed E-state index contributed by atoms with van der Waals surface area (Å²) in [5.41, 5.74) is 13.3. The van der Waals surface area contributed by atoms with E-state index in [4.69, 9.17) is 5.53 Å². The largest absolute Gasteiger partial charge is 0.314 e. The standard InChI is InChI=1S/C18H20N6/c1-18(2,20-3)11-15-12-21-17-16(5-4-10-24(15)17)13-6-8-14(9-7-13)22-23-19/h4-10,12,20H,11H2,1-3H3. The van der Waals surface area contributed by atoms with E-state index in [-0.39, 0.29) is 5.54 Å². The Morgan fingerprint density at radius 3 is 2.67 bits per heavy atom. The molecule has 6 heteroatoms. The molecule has 6 nitrogen and oxygen atoms in total. The Hall–Kier alpha value is -2.82. The molecule has 0 aliphatic carbocycles. The molecular weight excluding hydrogens is 300 g/mol. The second-order valence-electron chi connectivity index (χ2n) is 6.41. The maximum absolute atomic E-state index is 8.50. The van der Waals surface area contributed by atoms with Crippen LogP contribution in [0.15, 0.2) is 53.9 Å². The number of hydrogen-bond acceptors (Lipinski definition) is 3. The summed E-state index contributed by atoms with van der Waals surface area (Å²) in [7, 11) is 1.97. The summed E-state index contributed by atoms with van der Waals surface area (Å²) in [6, 6.07) is 11.6. The summed E-state index contributed by atoms with van der Waals surface area (Å²) < 4.78 is 2.13. The maximum atomic E-state index is 8.50. The molecule has 24 heavy (non-hydrogen) atoms. The first-order chi connectivity index (χ1) is 11.5. The molecule has 0 amide bonds. The molecule has 122 valence electrons. The van der Waals surface area contributed by atoms with Gasteiger partial charge < -0.3 is 9.72 Å². The third-order valence-electron chi connectivity index (χ3n) is 4.25. The van der Waals surface area contributed by atoms with Crippen molar-refractivity contribution in [3.63, 3.8) is 0 Å². The highest BCUT2D eigenvalue weighted by atomic mass is 15.1. The first kappa shape index (κ1) is 16.1. The van der Waals surface area contributed by atoms with Gasteiger partial charge >= 0.3 is 0 Å². The van der Waals surface area contributed by atoms with E-state index in [1.807, 2.05) is 49.8 Å². The van der Waals surface area contributed by atoms with E-state index in [9.17, 15) is 0 Å². The number of pyridine rings is 1. The zero-order valence-corrected chi connectivity index (χ0v) is 14.1. The summed E-state index contributed by atoms with van der Waals surface area (Å²) in [6.07, 6.45) is 4.86. The minimum atomic E-state index is 0.00289. The van der Waals surface area contributed by atoms with Crippen molar-refractivity contribution < 1.29 is 0 Å². The van der Waals surface area contributed by atoms with Crippen LogP contribution in [0.25, 0.3) is 27.2 Å². The number of azide groups is 1. The number of benzene rings is 1. The van der Waals surface area contributed by atoms with Crippen LogP contribution in [-0.2, 0) is 6.42 Å². The van der Waals surface area contributed by atoms with Gasteiger partial charge in [0.15, 0.2) is 0 Å². The monoisotopic (exact) mass is 320 g/mol. The van der Waals surface area contributed by atoms with E-state index in [1.165, 1.54) is 0 Å². The Morgan fingerprint density at radius 2 is 2.00 bits per heavy atom. The zero-order chi connectivity index (χ0) is 17.2. The van der Waals surface area contributed by atoms with Gasteiger partial charge in [-0.25, -0.2) is 4.98 Å². The van der Waals surface area contributed by atoms with Gasteiger partial charge in [0.2, 0.25) is 0 Å². The molecule has 0 radical (unpaired) electrons. The van der Waals surface area contributed by atoms with Gasteiger partial charge in [0.1, 0.15) is 5.65 Å². The molecule has 1 N–H and O–H groups in total. The number of nitrogens with one attached hydrogen (secondary N) is 1. The van der Waals surface area contributed by atoms with E-state index in [2.05, 4.69) is 44.6 Å². The van der Waals surface area contributed by atoms with Gasteiger partial charge in [0.05, 0.1) is 0 Å². The number of rotatable bonds is 5. The van der Waals surface area contributed by atoms with Gasteiger partial charge in [0.25, 0.3) is 0 Å². The Balaban J connectivity index is 2.04. The molecule has 0 saturated carbocycles. The lowest BCUT2D eigenvalue weighted by molar-refractivity contribution is 0.417. The van der Waals surface area contributed by atoms with Gasteiger partial charge in [-0.1, -0.05) is 29.4 Å². The molecular formula is C18H20N6. The SMILES string of the molecule is CNC(C)(C)Cc1cnc2c(-c3ccc(N=[N+]=[N-])cc3)cccn12. The van der Waals surface area contributed by atoms with E-state index in [0.717, 1.165) is 28.9 Å². The Bertz CT molecular complexity index is 901. The van der Waals surface area contributed by atoms with Crippen molar-refractivity contribution in [1.82, 2.24) is 14.7 Å². The number of fused-ring (bicyclic) bond motifs is 1. The highest BCUT2D eigenvalue weighted by Crippen LogP contribution is 2.27. The molecule has 0 saturated heterocycles. The predicted molar refractivity (Wildman–Crippen MR) is 96.3 cm³/mol.